The molecular weight excluding hydrogens is 226 g/mol. The van der Waals surface area contributed by atoms with E-state index in [9.17, 15) is 4.79 Å². The Morgan fingerprint density at radius 1 is 1.39 bits per heavy atom. The van der Waals surface area contributed by atoms with Gasteiger partial charge in [-0.3, -0.25) is 0 Å². The van der Waals surface area contributed by atoms with Crippen LogP contribution in [-0.2, 0) is 4.74 Å². The lowest BCUT2D eigenvalue weighted by Crippen LogP contribution is -2.36. The minimum atomic E-state index is -0.380. The largest absolute Gasteiger partial charge is 0.444 e. The van der Waals surface area contributed by atoms with Gasteiger partial charge in [0.1, 0.15) is 5.60 Å². The van der Waals surface area contributed by atoms with E-state index in [0.717, 1.165) is 19.3 Å². The van der Waals surface area contributed by atoms with E-state index in [1.165, 1.54) is 5.57 Å². The first-order chi connectivity index (χ1) is 8.26. The van der Waals surface area contributed by atoms with Gasteiger partial charge in [-0.1, -0.05) is 25.5 Å². The number of allylic oxidation sites excluding steroid dienone is 2. The molecule has 0 spiro atoms. The van der Waals surface area contributed by atoms with Crippen molar-refractivity contribution in [2.24, 2.45) is 5.92 Å². The summed E-state index contributed by atoms with van der Waals surface area (Å²) >= 11 is 0. The molecule has 18 heavy (non-hydrogen) atoms. The lowest BCUT2D eigenvalue weighted by Gasteiger charge is -2.23. The average molecular weight is 255 g/mol. The maximum absolute atomic E-state index is 11.6. The molecule has 0 heterocycles. The van der Waals surface area contributed by atoms with E-state index in [1.54, 1.807) is 0 Å². The lowest BCUT2D eigenvalue weighted by atomic mass is 10.0. The van der Waals surface area contributed by atoms with Crippen molar-refractivity contribution in [1.82, 2.24) is 5.32 Å². The second-order valence-corrected chi connectivity index (χ2v) is 5.85. The molecule has 0 fully saturated rings. The van der Waals surface area contributed by atoms with Crippen molar-refractivity contribution in [2.45, 2.75) is 66.4 Å². The fourth-order valence-electron chi connectivity index (χ4n) is 1.38. The van der Waals surface area contributed by atoms with Crippen LogP contribution in [0.15, 0.2) is 11.6 Å². The molecule has 0 aromatic rings. The van der Waals surface area contributed by atoms with Gasteiger partial charge in [0.05, 0.1) is 0 Å². The number of rotatable bonds is 7. The monoisotopic (exact) mass is 255 g/mol. The van der Waals surface area contributed by atoms with Crippen LogP contribution in [0.4, 0.5) is 4.79 Å². The third-order valence-electron chi connectivity index (χ3n) is 3.03. The van der Waals surface area contributed by atoms with Gasteiger partial charge in [0, 0.05) is 6.54 Å². The van der Waals surface area contributed by atoms with E-state index in [2.05, 4.69) is 32.2 Å². The smallest absolute Gasteiger partial charge is 0.407 e. The van der Waals surface area contributed by atoms with Gasteiger partial charge >= 0.3 is 6.09 Å². The van der Waals surface area contributed by atoms with Crippen LogP contribution in [0.3, 0.4) is 0 Å². The third kappa shape index (κ3) is 9.08. The maximum atomic E-state index is 11.6. The van der Waals surface area contributed by atoms with Crippen LogP contribution in [0.5, 0.6) is 0 Å². The molecule has 106 valence electrons. The Balaban J connectivity index is 3.82. The van der Waals surface area contributed by atoms with Gasteiger partial charge in [-0.15, -0.1) is 0 Å². The molecule has 0 aliphatic carbocycles. The summed E-state index contributed by atoms with van der Waals surface area (Å²) in [6.07, 6.45) is 4.89. The summed E-state index contributed by atoms with van der Waals surface area (Å²) in [5, 5.41) is 2.83. The van der Waals surface area contributed by atoms with E-state index in [0.29, 0.717) is 12.5 Å². The highest BCUT2D eigenvalue weighted by Crippen LogP contribution is 2.13. The van der Waals surface area contributed by atoms with Crippen molar-refractivity contribution in [3.05, 3.63) is 11.6 Å². The van der Waals surface area contributed by atoms with Crippen molar-refractivity contribution in [1.29, 1.82) is 0 Å². The molecular formula is C15H29NO2. The molecule has 1 N–H and O–H groups in total. The van der Waals surface area contributed by atoms with Gasteiger partial charge in [0.25, 0.3) is 0 Å². The minimum Gasteiger partial charge on any atom is -0.444 e. The summed E-state index contributed by atoms with van der Waals surface area (Å²) in [6.45, 7) is 12.9. The van der Waals surface area contributed by atoms with Crippen molar-refractivity contribution >= 4 is 6.09 Å². The summed E-state index contributed by atoms with van der Waals surface area (Å²) in [5.74, 6) is 0.470. The molecule has 0 rings (SSSR count). The van der Waals surface area contributed by atoms with Crippen molar-refractivity contribution in [2.75, 3.05) is 6.54 Å². The van der Waals surface area contributed by atoms with E-state index in [-0.39, 0.29) is 11.7 Å². The molecule has 1 amide bonds. The fraction of sp³-hybridized carbons (Fsp3) is 0.800. The molecule has 0 bridgehead atoms. The Labute approximate surface area is 112 Å². The van der Waals surface area contributed by atoms with Crippen LogP contribution in [0, 0.1) is 5.92 Å². The van der Waals surface area contributed by atoms with E-state index in [4.69, 9.17) is 4.74 Å². The summed E-state index contributed by atoms with van der Waals surface area (Å²) in [7, 11) is 0. The Bertz CT molecular complexity index is 278. The SMILES string of the molecule is CCC(C)(C)OC(=O)NCC(C)CCC=C(C)C. The highest BCUT2D eigenvalue weighted by molar-refractivity contribution is 5.67. The minimum absolute atomic E-state index is 0.309. The zero-order valence-electron chi connectivity index (χ0n) is 12.8. The second-order valence-electron chi connectivity index (χ2n) is 5.85. The predicted molar refractivity (Wildman–Crippen MR) is 76.7 cm³/mol. The second kappa shape index (κ2) is 8.17. The molecule has 0 aromatic carbocycles. The zero-order chi connectivity index (χ0) is 14.2. The van der Waals surface area contributed by atoms with Gasteiger partial charge in [0.15, 0.2) is 0 Å². The van der Waals surface area contributed by atoms with Gasteiger partial charge in [-0.2, -0.15) is 0 Å². The Hall–Kier alpha value is -0.990. The summed E-state index contributed by atoms with van der Waals surface area (Å²) in [6, 6.07) is 0. The normalized spacial score (nSPS) is 12.8. The number of carbonyl (C=O) groups is 1. The molecule has 0 saturated carbocycles. The van der Waals surface area contributed by atoms with Gasteiger partial charge in [0.2, 0.25) is 0 Å². The molecule has 1 atom stereocenters. The van der Waals surface area contributed by atoms with Crippen molar-refractivity contribution in [3.63, 3.8) is 0 Å². The van der Waals surface area contributed by atoms with Crippen molar-refractivity contribution < 1.29 is 9.53 Å². The number of alkyl carbamates (subject to hydrolysis) is 1. The van der Waals surface area contributed by atoms with Gasteiger partial charge in [-0.05, 0) is 52.9 Å². The molecule has 0 aromatic heterocycles. The molecule has 0 radical (unpaired) electrons. The fourth-order valence-corrected chi connectivity index (χ4v) is 1.38. The number of amides is 1. The number of hydrogen-bond donors (Lipinski definition) is 1. The highest BCUT2D eigenvalue weighted by Gasteiger charge is 2.20. The van der Waals surface area contributed by atoms with E-state index < -0.39 is 0 Å². The lowest BCUT2D eigenvalue weighted by molar-refractivity contribution is 0.0357. The van der Waals surface area contributed by atoms with Crippen LogP contribution < -0.4 is 5.32 Å². The Morgan fingerprint density at radius 2 is 2.00 bits per heavy atom. The van der Waals surface area contributed by atoms with Crippen LogP contribution in [-0.4, -0.2) is 18.2 Å². The van der Waals surface area contributed by atoms with Crippen LogP contribution in [0.2, 0.25) is 0 Å². The number of nitrogens with one attached hydrogen (secondary N) is 1. The van der Waals surface area contributed by atoms with Gasteiger partial charge < -0.3 is 10.1 Å². The number of carbonyl (C=O) groups excluding carboxylic acids is 1. The number of hydrogen-bond acceptors (Lipinski definition) is 2. The first-order valence-electron chi connectivity index (χ1n) is 6.87. The third-order valence-corrected chi connectivity index (χ3v) is 3.03. The molecule has 0 saturated heterocycles. The quantitative estimate of drug-likeness (QED) is 0.689. The van der Waals surface area contributed by atoms with Crippen LogP contribution in [0.1, 0.15) is 60.8 Å². The highest BCUT2D eigenvalue weighted by atomic mass is 16.6. The zero-order valence-corrected chi connectivity index (χ0v) is 12.8. The predicted octanol–water partition coefficient (Wildman–Crippen LogP) is 4.28. The van der Waals surface area contributed by atoms with Gasteiger partial charge in [-0.25, -0.2) is 4.79 Å². The average Bonchev–Trinajstić information content (AvgIpc) is 2.25. The summed E-state index contributed by atoms with van der Waals surface area (Å²) in [5.41, 5.74) is 0.967. The molecule has 0 aliphatic heterocycles. The summed E-state index contributed by atoms with van der Waals surface area (Å²) < 4.78 is 5.32. The Morgan fingerprint density at radius 3 is 2.50 bits per heavy atom. The topological polar surface area (TPSA) is 38.3 Å². The van der Waals surface area contributed by atoms with E-state index in [1.807, 2.05) is 20.8 Å². The first-order valence-corrected chi connectivity index (χ1v) is 6.87. The summed E-state index contributed by atoms with van der Waals surface area (Å²) in [4.78, 5) is 11.6. The van der Waals surface area contributed by atoms with E-state index >= 15 is 0 Å². The maximum Gasteiger partial charge on any atom is 0.407 e. The standard InChI is InChI=1S/C15H29NO2/c1-7-15(5,6)18-14(17)16-11-13(4)10-8-9-12(2)3/h9,13H,7-8,10-11H2,1-6H3,(H,16,17). The molecule has 3 nitrogen and oxygen atoms in total. The molecule has 3 heteroatoms. The first kappa shape index (κ1) is 17.0. The van der Waals surface area contributed by atoms with Crippen LogP contribution in [0.25, 0.3) is 0 Å². The number of ether oxygens (including phenoxy) is 1. The van der Waals surface area contributed by atoms with Crippen LogP contribution >= 0.6 is 0 Å². The molecule has 0 aliphatic rings. The van der Waals surface area contributed by atoms with Crippen molar-refractivity contribution in [3.8, 4) is 0 Å². The molecule has 1 unspecified atom stereocenters. The Kier molecular flexibility index (Phi) is 7.72.